The fourth-order valence-electron chi connectivity index (χ4n) is 1.35. The molecular weight excluding hydrogens is 241 g/mol. The average molecular weight is 255 g/mol. The van der Waals surface area contributed by atoms with Crippen LogP contribution >= 0.6 is 0 Å². The van der Waals surface area contributed by atoms with Gasteiger partial charge < -0.3 is 15.2 Å². The Balaban J connectivity index is 2.39. The van der Waals surface area contributed by atoms with Crippen LogP contribution in [0.15, 0.2) is 24.3 Å². The van der Waals surface area contributed by atoms with Crippen LogP contribution in [0.4, 0.5) is 4.39 Å². The number of rotatable bonds is 6. The maximum atomic E-state index is 12.7. The molecule has 0 saturated carbocycles. The van der Waals surface area contributed by atoms with Crippen molar-refractivity contribution in [3.8, 4) is 0 Å². The maximum Gasteiger partial charge on any atom is 0.329 e. The van der Waals surface area contributed by atoms with Gasteiger partial charge in [0.15, 0.2) is 0 Å². The molecule has 0 heterocycles. The smallest absolute Gasteiger partial charge is 0.329 e. The second-order valence-electron chi connectivity index (χ2n) is 3.73. The molecule has 0 saturated heterocycles. The zero-order chi connectivity index (χ0) is 13.5. The minimum Gasteiger partial charge on any atom is -0.480 e. The summed E-state index contributed by atoms with van der Waals surface area (Å²) in [5, 5.41) is 10.9. The molecule has 1 rings (SSSR count). The molecule has 0 aromatic heterocycles. The maximum absolute atomic E-state index is 12.7. The summed E-state index contributed by atoms with van der Waals surface area (Å²) in [6.07, 6.45) is 0. The Kier molecular flexibility index (Phi) is 5.26. The van der Waals surface area contributed by atoms with Gasteiger partial charge in [-0.2, -0.15) is 0 Å². The number of benzene rings is 1. The Bertz CT molecular complexity index is 419. The monoisotopic (exact) mass is 255 g/mol. The van der Waals surface area contributed by atoms with Gasteiger partial charge in [0.05, 0.1) is 6.04 Å². The Labute approximate surface area is 104 Å². The number of halogens is 1. The molecule has 18 heavy (non-hydrogen) atoms. The van der Waals surface area contributed by atoms with Crippen molar-refractivity contribution >= 4 is 11.9 Å². The van der Waals surface area contributed by atoms with Crippen molar-refractivity contribution in [2.45, 2.75) is 13.0 Å². The van der Waals surface area contributed by atoms with Gasteiger partial charge in [0, 0.05) is 0 Å². The summed E-state index contributed by atoms with van der Waals surface area (Å²) in [4.78, 5) is 21.5. The van der Waals surface area contributed by atoms with Crippen molar-refractivity contribution in [3.63, 3.8) is 0 Å². The zero-order valence-electron chi connectivity index (χ0n) is 9.85. The highest BCUT2D eigenvalue weighted by Gasteiger charge is 2.10. The lowest BCUT2D eigenvalue weighted by molar-refractivity contribution is -0.143. The number of amides is 1. The molecule has 1 aromatic carbocycles. The van der Waals surface area contributed by atoms with Crippen molar-refractivity contribution in [2.24, 2.45) is 0 Å². The molecule has 5 nitrogen and oxygen atoms in total. The summed E-state index contributed by atoms with van der Waals surface area (Å²) in [6, 6.07) is 5.45. The Morgan fingerprint density at radius 2 is 1.94 bits per heavy atom. The second kappa shape index (κ2) is 6.70. The molecule has 98 valence electrons. The van der Waals surface area contributed by atoms with Gasteiger partial charge in [-0.1, -0.05) is 12.1 Å². The van der Waals surface area contributed by atoms with Crippen LogP contribution in [-0.4, -0.2) is 30.2 Å². The molecule has 1 unspecified atom stereocenters. The van der Waals surface area contributed by atoms with Crippen LogP contribution in [0.5, 0.6) is 0 Å². The standard InChI is InChI=1S/C12H14FNO4/c1-8(9-2-4-10(13)5-3-9)14-11(15)6-18-7-12(16)17/h2-5,8H,6-7H2,1H3,(H,14,15)(H,16,17). The summed E-state index contributed by atoms with van der Waals surface area (Å²) in [6.45, 7) is 0.901. The molecule has 1 aromatic rings. The fourth-order valence-corrected chi connectivity index (χ4v) is 1.35. The molecule has 0 aliphatic carbocycles. The quantitative estimate of drug-likeness (QED) is 0.798. The topological polar surface area (TPSA) is 75.6 Å². The van der Waals surface area contributed by atoms with E-state index in [-0.39, 0.29) is 18.5 Å². The van der Waals surface area contributed by atoms with Crippen LogP contribution in [0, 0.1) is 5.82 Å². The minimum atomic E-state index is -1.13. The Morgan fingerprint density at radius 1 is 1.33 bits per heavy atom. The number of nitrogens with one attached hydrogen (secondary N) is 1. The first-order valence-electron chi connectivity index (χ1n) is 5.33. The fraction of sp³-hybridized carbons (Fsp3) is 0.333. The third-order valence-electron chi connectivity index (χ3n) is 2.21. The van der Waals surface area contributed by atoms with Crippen LogP contribution in [0.25, 0.3) is 0 Å². The number of carbonyl (C=O) groups is 2. The van der Waals surface area contributed by atoms with Gasteiger partial charge in [-0.3, -0.25) is 4.79 Å². The average Bonchev–Trinajstić information content (AvgIpc) is 2.29. The van der Waals surface area contributed by atoms with Crippen LogP contribution in [0.3, 0.4) is 0 Å². The normalized spacial score (nSPS) is 11.9. The van der Waals surface area contributed by atoms with E-state index >= 15 is 0 Å². The van der Waals surface area contributed by atoms with Gasteiger partial charge in [0.1, 0.15) is 19.0 Å². The number of ether oxygens (including phenoxy) is 1. The highest BCUT2D eigenvalue weighted by atomic mass is 19.1. The van der Waals surface area contributed by atoms with E-state index in [1.165, 1.54) is 12.1 Å². The summed E-state index contributed by atoms with van der Waals surface area (Å²) in [7, 11) is 0. The molecule has 0 bridgehead atoms. The van der Waals surface area contributed by atoms with Crippen molar-refractivity contribution < 1.29 is 23.8 Å². The molecule has 1 amide bonds. The number of carboxylic acid groups (broad SMARTS) is 1. The minimum absolute atomic E-state index is 0.300. The molecule has 0 radical (unpaired) electrons. The second-order valence-corrected chi connectivity index (χ2v) is 3.73. The lowest BCUT2D eigenvalue weighted by atomic mass is 10.1. The molecule has 6 heteroatoms. The van der Waals surface area contributed by atoms with Gasteiger partial charge in [-0.25, -0.2) is 9.18 Å². The van der Waals surface area contributed by atoms with E-state index in [0.717, 1.165) is 5.56 Å². The van der Waals surface area contributed by atoms with Crippen molar-refractivity contribution in [1.29, 1.82) is 0 Å². The van der Waals surface area contributed by atoms with Gasteiger partial charge in [0.2, 0.25) is 5.91 Å². The summed E-state index contributed by atoms with van der Waals surface area (Å²) >= 11 is 0. The first kappa shape index (κ1) is 14.1. The van der Waals surface area contributed by atoms with E-state index in [4.69, 9.17) is 5.11 Å². The van der Waals surface area contributed by atoms with Gasteiger partial charge in [-0.15, -0.1) is 0 Å². The van der Waals surface area contributed by atoms with Gasteiger partial charge in [0.25, 0.3) is 0 Å². The van der Waals surface area contributed by atoms with Crippen LogP contribution in [0.1, 0.15) is 18.5 Å². The zero-order valence-corrected chi connectivity index (χ0v) is 9.85. The van der Waals surface area contributed by atoms with E-state index in [0.29, 0.717) is 0 Å². The number of hydrogen-bond donors (Lipinski definition) is 2. The van der Waals surface area contributed by atoms with Crippen molar-refractivity contribution in [1.82, 2.24) is 5.32 Å². The van der Waals surface area contributed by atoms with Crippen molar-refractivity contribution in [2.75, 3.05) is 13.2 Å². The number of carboxylic acids is 1. The highest BCUT2D eigenvalue weighted by molar-refractivity contribution is 5.78. The third-order valence-corrected chi connectivity index (χ3v) is 2.21. The summed E-state index contributed by atoms with van der Waals surface area (Å²) < 4.78 is 17.3. The van der Waals surface area contributed by atoms with Gasteiger partial charge >= 0.3 is 5.97 Å². The van der Waals surface area contributed by atoms with E-state index in [2.05, 4.69) is 10.1 Å². The van der Waals surface area contributed by atoms with E-state index in [9.17, 15) is 14.0 Å². The molecule has 0 spiro atoms. The first-order valence-corrected chi connectivity index (χ1v) is 5.33. The van der Waals surface area contributed by atoms with Gasteiger partial charge in [-0.05, 0) is 24.6 Å². The van der Waals surface area contributed by atoms with E-state index in [1.807, 2.05) is 0 Å². The Hall–Kier alpha value is -1.95. The Morgan fingerprint density at radius 3 is 2.50 bits per heavy atom. The van der Waals surface area contributed by atoms with E-state index in [1.54, 1.807) is 19.1 Å². The SMILES string of the molecule is CC(NC(=O)COCC(=O)O)c1ccc(F)cc1. The first-order chi connectivity index (χ1) is 8.49. The molecule has 0 aliphatic rings. The number of carbonyl (C=O) groups excluding carboxylic acids is 1. The molecule has 0 fully saturated rings. The number of hydrogen-bond acceptors (Lipinski definition) is 3. The predicted molar refractivity (Wildman–Crippen MR) is 61.4 cm³/mol. The summed E-state index contributed by atoms with van der Waals surface area (Å²) in [5.41, 5.74) is 0.753. The van der Waals surface area contributed by atoms with E-state index < -0.39 is 18.5 Å². The molecule has 1 atom stereocenters. The van der Waals surface area contributed by atoms with Crippen LogP contribution < -0.4 is 5.32 Å². The molecule has 0 aliphatic heterocycles. The van der Waals surface area contributed by atoms with Crippen LogP contribution in [0.2, 0.25) is 0 Å². The third kappa shape index (κ3) is 4.92. The molecular formula is C12H14FNO4. The predicted octanol–water partition coefficient (Wildman–Crippen LogP) is 1.10. The van der Waals surface area contributed by atoms with Crippen LogP contribution in [-0.2, 0) is 14.3 Å². The number of aliphatic carboxylic acids is 1. The highest BCUT2D eigenvalue weighted by Crippen LogP contribution is 2.12. The summed E-state index contributed by atoms with van der Waals surface area (Å²) in [5.74, 6) is -1.90. The van der Waals surface area contributed by atoms with Crippen molar-refractivity contribution in [3.05, 3.63) is 35.6 Å². The lowest BCUT2D eigenvalue weighted by Gasteiger charge is -2.14. The largest absolute Gasteiger partial charge is 0.480 e. The lowest BCUT2D eigenvalue weighted by Crippen LogP contribution is -2.30. The molecule has 2 N–H and O–H groups in total.